The first kappa shape index (κ1) is 15.7. The molecule has 3 rings (SSSR count). The summed E-state index contributed by atoms with van der Waals surface area (Å²) >= 11 is 11.1. The highest BCUT2D eigenvalue weighted by Gasteiger charge is 2.30. The van der Waals surface area contributed by atoms with Gasteiger partial charge < -0.3 is 0 Å². The summed E-state index contributed by atoms with van der Waals surface area (Å²) in [6.07, 6.45) is 1.23. The van der Waals surface area contributed by atoms with Crippen LogP contribution >= 0.6 is 59.7 Å². The van der Waals surface area contributed by atoms with Crippen molar-refractivity contribution < 1.29 is 9.59 Å². The Morgan fingerprint density at radius 2 is 1.48 bits per heavy atom. The van der Waals surface area contributed by atoms with Gasteiger partial charge in [-0.1, -0.05) is 52.6 Å². The van der Waals surface area contributed by atoms with E-state index in [1.54, 1.807) is 23.5 Å². The van der Waals surface area contributed by atoms with Gasteiger partial charge in [0.1, 0.15) is 0 Å². The van der Waals surface area contributed by atoms with E-state index < -0.39 is 0 Å². The maximum atomic E-state index is 10.9. The Morgan fingerprint density at radius 1 is 0.952 bits per heavy atom. The van der Waals surface area contributed by atoms with Crippen LogP contribution in [0, 0.1) is 0 Å². The van der Waals surface area contributed by atoms with E-state index in [9.17, 15) is 9.59 Å². The molecule has 2 nitrogen and oxygen atoms in total. The summed E-state index contributed by atoms with van der Waals surface area (Å²) in [4.78, 5) is 27.3. The minimum Gasteiger partial charge on any atom is -0.298 e. The zero-order chi connectivity index (χ0) is 15.1. The fraction of sp³-hybridized carbons (Fsp3) is 0.143. The van der Waals surface area contributed by atoms with Crippen LogP contribution in [0.2, 0.25) is 0 Å². The molecule has 0 radical (unpaired) electrons. The molecule has 0 spiro atoms. The Hall–Kier alpha value is -0.210. The van der Waals surface area contributed by atoms with Crippen molar-refractivity contribution in [1.82, 2.24) is 0 Å². The number of thioether (sulfide) groups is 4. The Labute approximate surface area is 145 Å². The monoisotopic (exact) mass is 370 g/mol. The van der Waals surface area contributed by atoms with Gasteiger partial charge >= 0.3 is 0 Å². The van der Waals surface area contributed by atoms with Crippen LogP contribution in [0.25, 0.3) is 0 Å². The van der Waals surface area contributed by atoms with Crippen molar-refractivity contribution in [2.24, 2.45) is 0 Å². The molecule has 0 aromatic heterocycles. The average molecular weight is 371 g/mol. The lowest BCUT2D eigenvalue weighted by Crippen LogP contribution is -1.86. The molecule has 0 N–H and O–H groups in total. The molecular weight excluding hydrogens is 360 g/mol. The van der Waals surface area contributed by atoms with Gasteiger partial charge in [-0.15, -0.1) is 12.6 Å². The molecule has 1 aromatic carbocycles. The second kappa shape index (κ2) is 6.12. The van der Waals surface area contributed by atoms with Crippen LogP contribution in [0.1, 0.15) is 13.8 Å². The van der Waals surface area contributed by atoms with Gasteiger partial charge in [0, 0.05) is 28.7 Å². The summed E-state index contributed by atoms with van der Waals surface area (Å²) in [5.41, 5.74) is 1.51. The predicted octanol–water partition coefficient (Wildman–Crippen LogP) is 5.23. The quantitative estimate of drug-likeness (QED) is 0.252. The molecule has 0 saturated heterocycles. The van der Waals surface area contributed by atoms with Crippen LogP contribution in [0.4, 0.5) is 0 Å². The molecule has 7 heteroatoms. The molecular formula is C14H10O2S5. The lowest BCUT2D eigenvalue weighted by atomic mass is 10.3. The summed E-state index contributed by atoms with van der Waals surface area (Å²) in [6.45, 7) is 4.22. The standard InChI is InChI=1S/C14H10O2S5/c1-6(2)13-18-8-3-9-12(10(17)11(8)20-13)21-14(19-9)7(4-15)5-16/h3-5,17H,1-2H3. The number of carbonyl (C=O) groups is 2. The topological polar surface area (TPSA) is 34.1 Å². The van der Waals surface area contributed by atoms with Gasteiger partial charge in [-0.05, 0) is 19.9 Å². The van der Waals surface area contributed by atoms with E-state index in [1.807, 2.05) is 0 Å². The van der Waals surface area contributed by atoms with Crippen molar-refractivity contribution in [1.29, 1.82) is 0 Å². The lowest BCUT2D eigenvalue weighted by Gasteiger charge is -2.05. The summed E-state index contributed by atoms with van der Waals surface area (Å²) in [5.74, 6) is 0. The SMILES string of the molecule is CC(C)=C1Sc2cc3c(c(S)c2S1)SC(=C(C=O)C=O)S3. The number of benzene rings is 1. The van der Waals surface area contributed by atoms with Crippen LogP contribution in [0.5, 0.6) is 0 Å². The summed E-state index contributed by atoms with van der Waals surface area (Å²) in [7, 11) is 0. The van der Waals surface area contributed by atoms with Crippen LogP contribution in [-0.4, -0.2) is 12.6 Å². The summed E-state index contributed by atoms with van der Waals surface area (Å²) in [5, 5.41) is 0. The van der Waals surface area contributed by atoms with Gasteiger partial charge in [-0.25, -0.2) is 0 Å². The van der Waals surface area contributed by atoms with E-state index in [-0.39, 0.29) is 5.57 Å². The molecule has 2 aliphatic heterocycles. The van der Waals surface area contributed by atoms with E-state index in [0.29, 0.717) is 12.6 Å². The fourth-order valence-corrected chi connectivity index (χ4v) is 7.55. The molecule has 0 atom stereocenters. The Morgan fingerprint density at radius 3 is 2.00 bits per heavy atom. The van der Waals surface area contributed by atoms with Crippen LogP contribution in [0.3, 0.4) is 0 Å². The molecule has 2 heterocycles. The number of carbonyl (C=O) groups excluding carboxylic acids is 2. The predicted molar refractivity (Wildman–Crippen MR) is 94.7 cm³/mol. The van der Waals surface area contributed by atoms with Gasteiger partial charge in [0.15, 0.2) is 12.6 Å². The van der Waals surface area contributed by atoms with Crippen molar-refractivity contribution in [3.8, 4) is 0 Å². The Bertz CT molecular complexity index is 719. The van der Waals surface area contributed by atoms with Crippen molar-refractivity contribution in [3.63, 3.8) is 0 Å². The smallest absolute Gasteiger partial charge is 0.155 e. The molecule has 0 saturated carbocycles. The minimum atomic E-state index is 0.208. The second-order valence-electron chi connectivity index (χ2n) is 4.55. The van der Waals surface area contributed by atoms with E-state index in [2.05, 4.69) is 32.5 Å². The highest BCUT2D eigenvalue weighted by atomic mass is 32.2. The van der Waals surface area contributed by atoms with Gasteiger partial charge in [0.2, 0.25) is 0 Å². The molecule has 0 aliphatic carbocycles. The van der Waals surface area contributed by atoms with E-state index in [4.69, 9.17) is 0 Å². The number of thiol groups is 1. The Balaban J connectivity index is 2.06. The lowest BCUT2D eigenvalue weighted by molar-refractivity contribution is -0.109. The van der Waals surface area contributed by atoms with Gasteiger partial charge in [0.05, 0.1) is 9.81 Å². The van der Waals surface area contributed by atoms with Crippen LogP contribution in [-0.2, 0) is 9.59 Å². The van der Waals surface area contributed by atoms with Crippen LogP contribution < -0.4 is 0 Å². The number of aldehydes is 2. The fourth-order valence-electron chi connectivity index (χ4n) is 1.81. The molecule has 21 heavy (non-hydrogen) atoms. The normalized spacial score (nSPS) is 15.8. The van der Waals surface area contributed by atoms with Crippen molar-refractivity contribution in [2.75, 3.05) is 0 Å². The van der Waals surface area contributed by atoms with Crippen LogP contribution in [0.15, 0.2) is 50.2 Å². The first-order chi connectivity index (χ1) is 10.0. The first-order valence-electron chi connectivity index (χ1n) is 5.98. The van der Waals surface area contributed by atoms with Gasteiger partial charge in [0.25, 0.3) is 0 Å². The zero-order valence-electron chi connectivity index (χ0n) is 11.1. The van der Waals surface area contributed by atoms with Gasteiger partial charge in [-0.3, -0.25) is 9.59 Å². The van der Waals surface area contributed by atoms with Crippen molar-refractivity contribution >= 4 is 72.2 Å². The third kappa shape index (κ3) is 2.74. The highest BCUT2D eigenvalue weighted by molar-refractivity contribution is 8.25. The maximum absolute atomic E-state index is 10.9. The number of hydrogen-bond donors (Lipinski definition) is 1. The zero-order valence-corrected chi connectivity index (χ0v) is 15.3. The second-order valence-corrected chi connectivity index (χ2v) is 9.66. The molecule has 2 aliphatic rings. The third-order valence-corrected chi connectivity index (χ3v) is 9.21. The maximum Gasteiger partial charge on any atom is 0.155 e. The number of fused-ring (bicyclic) bond motifs is 2. The van der Waals surface area contributed by atoms with E-state index >= 15 is 0 Å². The van der Waals surface area contributed by atoms with E-state index in [0.717, 1.165) is 18.9 Å². The molecule has 0 fully saturated rings. The minimum absolute atomic E-state index is 0.208. The molecule has 1 aromatic rings. The first-order valence-corrected chi connectivity index (χ1v) is 9.70. The van der Waals surface area contributed by atoms with Gasteiger partial charge in [-0.2, -0.15) is 0 Å². The van der Waals surface area contributed by atoms with Crippen molar-refractivity contribution in [3.05, 3.63) is 25.7 Å². The molecule has 108 valence electrons. The molecule has 0 unspecified atom stereocenters. The number of allylic oxidation sites excluding steroid dienone is 2. The Kier molecular flexibility index (Phi) is 4.57. The number of hydrogen-bond acceptors (Lipinski definition) is 7. The van der Waals surface area contributed by atoms with Crippen molar-refractivity contribution in [2.45, 2.75) is 38.3 Å². The third-order valence-electron chi connectivity index (χ3n) is 2.83. The largest absolute Gasteiger partial charge is 0.298 e. The molecule has 0 bridgehead atoms. The highest BCUT2D eigenvalue weighted by Crippen LogP contribution is 2.62. The molecule has 0 amide bonds. The summed E-state index contributed by atoms with van der Waals surface area (Å²) in [6, 6.07) is 2.13. The summed E-state index contributed by atoms with van der Waals surface area (Å²) < 4.78 is 2.04. The van der Waals surface area contributed by atoms with E-state index in [1.165, 1.54) is 43.1 Å². The number of rotatable bonds is 2. The average Bonchev–Trinajstić information content (AvgIpc) is 3.05.